The van der Waals surface area contributed by atoms with Gasteiger partial charge in [-0.05, 0) is 36.2 Å². The first-order valence-corrected chi connectivity index (χ1v) is 10.6. The number of hydrogen-bond donors (Lipinski definition) is 1. The maximum absolute atomic E-state index is 15.1. The molecule has 2 aromatic carbocycles. The number of halogens is 3. The predicted octanol–water partition coefficient (Wildman–Crippen LogP) is 4.48. The standard InChI is InChI=1S/C23H20F3NO3S/c1-12-15(9-16-17(24)6-4-7-18(16)25)23-27(13(10-28)11-31-23)22(29)20(12)14-5-3-8-19(30-2)21(14)26/h3-8,13,28H,9-11H2,1-2H3. The summed E-state index contributed by atoms with van der Waals surface area (Å²) >= 11 is 1.34. The average Bonchev–Trinajstić information content (AvgIpc) is 3.18. The van der Waals surface area contributed by atoms with E-state index in [0.717, 1.165) is 0 Å². The van der Waals surface area contributed by atoms with Crippen molar-refractivity contribution in [3.8, 4) is 16.9 Å². The van der Waals surface area contributed by atoms with Crippen LogP contribution in [0.3, 0.4) is 0 Å². The third-order valence-electron chi connectivity index (χ3n) is 5.59. The van der Waals surface area contributed by atoms with Gasteiger partial charge in [-0.3, -0.25) is 9.36 Å². The quantitative estimate of drug-likeness (QED) is 0.627. The van der Waals surface area contributed by atoms with Gasteiger partial charge in [-0.15, -0.1) is 11.8 Å². The minimum atomic E-state index is -0.694. The summed E-state index contributed by atoms with van der Waals surface area (Å²) in [7, 11) is 1.33. The van der Waals surface area contributed by atoms with Crippen LogP contribution >= 0.6 is 11.8 Å². The van der Waals surface area contributed by atoms with Crippen molar-refractivity contribution in [3.63, 3.8) is 0 Å². The van der Waals surface area contributed by atoms with E-state index < -0.39 is 29.1 Å². The van der Waals surface area contributed by atoms with Gasteiger partial charge in [0.15, 0.2) is 11.6 Å². The van der Waals surface area contributed by atoms with E-state index in [9.17, 15) is 18.7 Å². The van der Waals surface area contributed by atoms with Gasteiger partial charge in [0, 0.05) is 23.3 Å². The Kier molecular flexibility index (Phi) is 5.85. The van der Waals surface area contributed by atoms with Crippen molar-refractivity contribution in [2.24, 2.45) is 0 Å². The van der Waals surface area contributed by atoms with Gasteiger partial charge in [0.1, 0.15) is 11.6 Å². The molecule has 8 heteroatoms. The molecule has 4 nitrogen and oxygen atoms in total. The summed E-state index contributed by atoms with van der Waals surface area (Å²) in [6.07, 6.45) is -0.107. The van der Waals surface area contributed by atoms with Gasteiger partial charge in [-0.1, -0.05) is 18.2 Å². The normalized spacial score (nSPS) is 15.2. The van der Waals surface area contributed by atoms with Gasteiger partial charge < -0.3 is 9.84 Å². The number of benzene rings is 2. The fourth-order valence-corrected chi connectivity index (χ4v) is 5.34. The van der Waals surface area contributed by atoms with Crippen LogP contribution in [0, 0.1) is 24.4 Å². The highest BCUT2D eigenvalue weighted by Gasteiger charge is 2.31. The Hall–Kier alpha value is -2.71. The van der Waals surface area contributed by atoms with Gasteiger partial charge in [0.05, 0.1) is 30.3 Å². The van der Waals surface area contributed by atoms with Crippen LogP contribution in [0.4, 0.5) is 13.2 Å². The van der Waals surface area contributed by atoms with E-state index in [1.165, 1.54) is 53.8 Å². The fourth-order valence-electron chi connectivity index (χ4n) is 3.97. The number of nitrogens with zero attached hydrogens (tertiary/aromatic N) is 1. The molecular formula is C23H20F3NO3S. The number of methoxy groups -OCH3 is 1. The van der Waals surface area contributed by atoms with Gasteiger partial charge >= 0.3 is 0 Å². The summed E-state index contributed by atoms with van der Waals surface area (Å²) in [6.45, 7) is 1.37. The van der Waals surface area contributed by atoms with E-state index in [1.807, 2.05) is 0 Å². The van der Waals surface area contributed by atoms with Crippen LogP contribution in [0.5, 0.6) is 5.75 Å². The van der Waals surface area contributed by atoms with Crippen LogP contribution in [0.1, 0.15) is 22.7 Å². The Labute approximate surface area is 181 Å². The fraction of sp³-hybridized carbons (Fsp3) is 0.261. The molecule has 0 spiro atoms. The Bertz CT molecular complexity index is 1210. The van der Waals surface area contributed by atoms with Crippen molar-refractivity contribution in [2.75, 3.05) is 19.5 Å². The summed E-state index contributed by atoms with van der Waals surface area (Å²) in [5, 5.41) is 10.3. The largest absolute Gasteiger partial charge is 0.494 e. The van der Waals surface area contributed by atoms with Crippen LogP contribution in [0.25, 0.3) is 11.1 Å². The van der Waals surface area contributed by atoms with Crippen molar-refractivity contribution >= 4 is 11.8 Å². The lowest BCUT2D eigenvalue weighted by Crippen LogP contribution is -2.29. The second kappa shape index (κ2) is 8.43. The van der Waals surface area contributed by atoms with Gasteiger partial charge in [0.25, 0.3) is 5.56 Å². The van der Waals surface area contributed by atoms with Crippen LogP contribution < -0.4 is 10.3 Å². The van der Waals surface area contributed by atoms with Crippen molar-refractivity contribution in [1.29, 1.82) is 0 Å². The molecule has 0 saturated heterocycles. The van der Waals surface area contributed by atoms with Crippen molar-refractivity contribution in [2.45, 2.75) is 24.4 Å². The molecule has 162 valence electrons. The van der Waals surface area contributed by atoms with Gasteiger partial charge in [-0.2, -0.15) is 0 Å². The number of ether oxygens (including phenoxy) is 1. The number of hydrogen-bond acceptors (Lipinski definition) is 4. The zero-order chi connectivity index (χ0) is 22.3. The number of aliphatic hydroxyl groups excluding tert-OH is 1. The molecule has 4 rings (SSSR count). The van der Waals surface area contributed by atoms with Crippen LogP contribution in [-0.4, -0.2) is 29.1 Å². The third-order valence-corrected chi connectivity index (χ3v) is 6.86. The van der Waals surface area contributed by atoms with Crippen molar-refractivity contribution in [1.82, 2.24) is 4.57 Å². The van der Waals surface area contributed by atoms with Crippen LogP contribution in [0.15, 0.2) is 46.2 Å². The van der Waals surface area contributed by atoms with E-state index in [-0.39, 0.29) is 35.5 Å². The Morgan fingerprint density at radius 3 is 2.45 bits per heavy atom. The van der Waals surface area contributed by atoms with E-state index in [2.05, 4.69) is 0 Å². The number of pyridine rings is 1. The molecule has 0 amide bonds. The second-order valence-electron chi connectivity index (χ2n) is 7.31. The van der Waals surface area contributed by atoms with Crippen LogP contribution in [0.2, 0.25) is 0 Å². The lowest BCUT2D eigenvalue weighted by molar-refractivity contribution is 0.237. The summed E-state index contributed by atoms with van der Waals surface area (Å²) in [5.74, 6) is -1.67. The number of rotatable bonds is 5. The molecule has 3 aromatic rings. The molecule has 0 fully saturated rings. The number of aromatic nitrogens is 1. The van der Waals surface area contributed by atoms with Crippen molar-refractivity contribution in [3.05, 3.63) is 80.9 Å². The molecule has 0 radical (unpaired) electrons. The minimum Gasteiger partial charge on any atom is -0.494 e. The summed E-state index contributed by atoms with van der Waals surface area (Å²) in [4.78, 5) is 13.4. The zero-order valence-corrected chi connectivity index (χ0v) is 17.7. The second-order valence-corrected chi connectivity index (χ2v) is 8.31. The maximum atomic E-state index is 15.1. The topological polar surface area (TPSA) is 51.5 Å². The third kappa shape index (κ3) is 3.53. The maximum Gasteiger partial charge on any atom is 0.260 e. The van der Waals surface area contributed by atoms with E-state index >= 15 is 4.39 Å². The highest BCUT2D eigenvalue weighted by Crippen LogP contribution is 2.40. The highest BCUT2D eigenvalue weighted by atomic mass is 32.2. The number of aliphatic hydroxyl groups is 1. The molecule has 0 saturated carbocycles. The molecule has 1 aliphatic heterocycles. The number of thioether (sulfide) groups is 1. The first kappa shape index (κ1) is 21.5. The molecule has 0 bridgehead atoms. The van der Waals surface area contributed by atoms with Gasteiger partial charge in [0.2, 0.25) is 0 Å². The zero-order valence-electron chi connectivity index (χ0n) is 16.9. The van der Waals surface area contributed by atoms with E-state index in [1.54, 1.807) is 13.0 Å². The molecule has 1 unspecified atom stereocenters. The van der Waals surface area contributed by atoms with E-state index in [0.29, 0.717) is 21.9 Å². The molecule has 1 N–H and O–H groups in total. The molecule has 1 aliphatic rings. The van der Waals surface area contributed by atoms with Crippen LogP contribution in [-0.2, 0) is 6.42 Å². The molecule has 0 aliphatic carbocycles. The smallest absolute Gasteiger partial charge is 0.260 e. The molecule has 1 atom stereocenters. The lowest BCUT2D eigenvalue weighted by Gasteiger charge is -2.20. The monoisotopic (exact) mass is 447 g/mol. The predicted molar refractivity (Wildman–Crippen MR) is 113 cm³/mol. The minimum absolute atomic E-state index is 0.0171. The first-order valence-electron chi connectivity index (χ1n) is 9.66. The summed E-state index contributed by atoms with van der Waals surface area (Å²) in [6, 6.07) is 7.62. The molecule has 31 heavy (non-hydrogen) atoms. The van der Waals surface area contributed by atoms with E-state index in [4.69, 9.17) is 4.74 Å². The SMILES string of the molecule is COc1cccc(-c2c(C)c(Cc3c(F)cccc3F)c3n(c2=O)C(CO)CS3)c1F. The Morgan fingerprint density at radius 1 is 1.13 bits per heavy atom. The summed E-state index contributed by atoms with van der Waals surface area (Å²) < 4.78 is 50.3. The van der Waals surface area contributed by atoms with Gasteiger partial charge in [-0.25, -0.2) is 13.2 Å². The molecule has 2 heterocycles. The molecule has 1 aromatic heterocycles. The van der Waals surface area contributed by atoms with Crippen molar-refractivity contribution < 1.29 is 23.0 Å². The summed E-state index contributed by atoms with van der Waals surface area (Å²) in [5.41, 5.74) is 0.520. The molecular weight excluding hydrogens is 427 g/mol. The highest BCUT2D eigenvalue weighted by molar-refractivity contribution is 7.99. The Balaban J connectivity index is 2.02. The number of fused-ring (bicyclic) bond motifs is 1. The lowest BCUT2D eigenvalue weighted by atomic mass is 9.94. The Morgan fingerprint density at radius 2 is 1.81 bits per heavy atom. The first-order chi connectivity index (χ1) is 14.9. The average molecular weight is 447 g/mol.